The molecular weight excluding hydrogens is 288 g/mol. The number of carbonyl (C=O) groups excluding carboxylic acids is 2. The smallest absolute Gasteiger partial charge is 0.253 e. The third-order valence-electron chi connectivity index (χ3n) is 4.78. The van der Waals surface area contributed by atoms with Gasteiger partial charge in [0, 0.05) is 24.9 Å². The molecule has 3 rings (SSSR count). The van der Waals surface area contributed by atoms with Gasteiger partial charge in [0.25, 0.3) is 5.91 Å². The number of rotatable bonds is 3. The van der Waals surface area contributed by atoms with E-state index in [0.29, 0.717) is 24.4 Å². The predicted octanol–water partition coefficient (Wildman–Crippen LogP) is 3.48. The summed E-state index contributed by atoms with van der Waals surface area (Å²) in [6.45, 7) is 8.46. The number of nitrogens with zero attached hydrogens (tertiary/aromatic N) is 1. The molecule has 1 aromatic heterocycles. The number of hydrogen-bond acceptors (Lipinski definition) is 3. The van der Waals surface area contributed by atoms with Crippen LogP contribution in [-0.2, 0) is 6.42 Å². The summed E-state index contributed by atoms with van der Waals surface area (Å²) in [4.78, 5) is 30.0. The topological polar surface area (TPSA) is 59.1 Å². The van der Waals surface area contributed by atoms with Crippen LogP contribution >= 0.6 is 0 Å². The Hall–Kier alpha value is -1.97. The highest BCUT2D eigenvalue weighted by Crippen LogP contribution is 2.46. The largest absolute Gasteiger partial charge is 0.352 e. The van der Waals surface area contributed by atoms with Crippen LogP contribution in [0.2, 0.25) is 0 Å². The van der Waals surface area contributed by atoms with E-state index in [9.17, 15) is 9.59 Å². The van der Waals surface area contributed by atoms with E-state index < -0.39 is 0 Å². The van der Waals surface area contributed by atoms with E-state index in [2.05, 4.69) is 10.3 Å². The van der Waals surface area contributed by atoms with Gasteiger partial charge in [-0.2, -0.15) is 0 Å². The number of allylic oxidation sites excluding steroid dienone is 2. The molecule has 1 saturated carbocycles. The molecular formula is C19H24N2O2. The zero-order chi connectivity index (χ0) is 16.7. The van der Waals surface area contributed by atoms with E-state index in [0.717, 1.165) is 41.8 Å². The van der Waals surface area contributed by atoms with Gasteiger partial charge >= 0.3 is 0 Å². The molecule has 2 aliphatic rings. The van der Waals surface area contributed by atoms with Crippen molar-refractivity contribution in [3.05, 3.63) is 39.2 Å². The molecule has 0 bridgehead atoms. The number of aryl methyl sites for hydroxylation is 1. The molecule has 2 aliphatic carbocycles. The molecule has 1 fully saturated rings. The highest BCUT2D eigenvalue weighted by atomic mass is 16.1. The molecule has 1 N–H and O–H groups in total. The predicted molar refractivity (Wildman–Crippen MR) is 90.0 cm³/mol. The fourth-order valence-corrected chi connectivity index (χ4v) is 3.44. The summed E-state index contributed by atoms with van der Waals surface area (Å²) < 4.78 is 0. The zero-order valence-electron chi connectivity index (χ0n) is 14.4. The van der Waals surface area contributed by atoms with Crippen molar-refractivity contribution in [2.24, 2.45) is 0 Å². The fraction of sp³-hybridized carbons (Fsp3) is 0.526. The van der Waals surface area contributed by atoms with E-state index in [1.807, 2.05) is 27.7 Å². The number of hydrogen-bond donors (Lipinski definition) is 1. The second kappa shape index (κ2) is 5.91. The number of ketones is 1. The van der Waals surface area contributed by atoms with Crippen LogP contribution in [0.25, 0.3) is 0 Å². The van der Waals surface area contributed by atoms with Crippen molar-refractivity contribution in [2.75, 3.05) is 6.54 Å². The van der Waals surface area contributed by atoms with Crippen LogP contribution in [0.3, 0.4) is 0 Å². The molecule has 0 aromatic carbocycles. The van der Waals surface area contributed by atoms with Gasteiger partial charge in [0.15, 0.2) is 5.78 Å². The van der Waals surface area contributed by atoms with Crippen molar-refractivity contribution in [2.45, 2.75) is 59.3 Å². The van der Waals surface area contributed by atoms with Gasteiger partial charge in [-0.1, -0.05) is 11.1 Å². The summed E-state index contributed by atoms with van der Waals surface area (Å²) in [7, 11) is 0. The molecule has 1 aromatic rings. The second-order valence-electron chi connectivity index (χ2n) is 6.82. The fourth-order valence-electron chi connectivity index (χ4n) is 3.44. The van der Waals surface area contributed by atoms with Gasteiger partial charge < -0.3 is 5.32 Å². The van der Waals surface area contributed by atoms with Crippen LogP contribution in [0, 0.1) is 6.92 Å². The molecule has 122 valence electrons. The average molecular weight is 312 g/mol. The van der Waals surface area contributed by atoms with Crippen molar-refractivity contribution < 1.29 is 9.59 Å². The zero-order valence-corrected chi connectivity index (χ0v) is 14.4. The standard InChI is InChI=1S/C19H24N2O2/c1-5-20-19(23)16-11(4)21-14-8-13(10(2)3)9-15(22)18(14)17(16)12-6-7-12/h12H,5-9H2,1-4H3,(H,20,23). The molecule has 23 heavy (non-hydrogen) atoms. The Labute approximate surface area is 137 Å². The quantitative estimate of drug-likeness (QED) is 0.869. The highest BCUT2D eigenvalue weighted by Gasteiger charge is 2.37. The summed E-state index contributed by atoms with van der Waals surface area (Å²) in [5.74, 6) is 0.380. The summed E-state index contributed by atoms with van der Waals surface area (Å²) in [6, 6.07) is 0. The van der Waals surface area contributed by atoms with Crippen LogP contribution in [0.15, 0.2) is 11.1 Å². The molecule has 1 amide bonds. The van der Waals surface area contributed by atoms with E-state index in [1.165, 1.54) is 11.1 Å². The van der Waals surface area contributed by atoms with Crippen LogP contribution in [-0.4, -0.2) is 23.2 Å². The van der Waals surface area contributed by atoms with Crippen molar-refractivity contribution >= 4 is 11.7 Å². The Morgan fingerprint density at radius 1 is 1.26 bits per heavy atom. The first-order valence-corrected chi connectivity index (χ1v) is 8.44. The third-order valence-corrected chi connectivity index (χ3v) is 4.78. The lowest BCUT2D eigenvalue weighted by atomic mass is 9.82. The number of nitrogens with one attached hydrogen (secondary N) is 1. The van der Waals surface area contributed by atoms with E-state index in [-0.39, 0.29) is 11.7 Å². The minimum Gasteiger partial charge on any atom is -0.352 e. The molecule has 4 nitrogen and oxygen atoms in total. The second-order valence-corrected chi connectivity index (χ2v) is 6.82. The number of pyridine rings is 1. The maximum absolute atomic E-state index is 12.8. The minimum absolute atomic E-state index is 0.0944. The van der Waals surface area contributed by atoms with Crippen molar-refractivity contribution in [3.8, 4) is 0 Å². The average Bonchev–Trinajstić information content (AvgIpc) is 3.29. The lowest BCUT2D eigenvalue weighted by Gasteiger charge is -2.24. The summed E-state index contributed by atoms with van der Waals surface area (Å²) >= 11 is 0. The van der Waals surface area contributed by atoms with Crippen molar-refractivity contribution in [3.63, 3.8) is 0 Å². The number of carbonyl (C=O) groups is 2. The van der Waals surface area contributed by atoms with Gasteiger partial charge in [0.1, 0.15) is 0 Å². The number of Topliss-reactive ketones (excluding diaryl/α,β-unsaturated/α-hetero) is 1. The molecule has 0 spiro atoms. The lowest BCUT2D eigenvalue weighted by molar-refractivity contribution is 0.0953. The Morgan fingerprint density at radius 2 is 1.96 bits per heavy atom. The monoisotopic (exact) mass is 312 g/mol. The van der Waals surface area contributed by atoms with E-state index in [1.54, 1.807) is 0 Å². The van der Waals surface area contributed by atoms with Crippen LogP contribution in [0.5, 0.6) is 0 Å². The van der Waals surface area contributed by atoms with Gasteiger partial charge in [-0.25, -0.2) is 0 Å². The normalized spacial score (nSPS) is 17.0. The van der Waals surface area contributed by atoms with Crippen LogP contribution < -0.4 is 5.32 Å². The van der Waals surface area contributed by atoms with E-state index >= 15 is 0 Å². The Balaban J connectivity index is 2.20. The van der Waals surface area contributed by atoms with Gasteiger partial charge in [0.2, 0.25) is 0 Å². The van der Waals surface area contributed by atoms with Crippen LogP contribution in [0.1, 0.15) is 83.6 Å². The SMILES string of the molecule is CCNC(=O)c1c(C)nc2c(c1C1CC1)C(=O)CC(=C(C)C)C2. The molecule has 1 heterocycles. The first kappa shape index (κ1) is 15.9. The number of amides is 1. The molecule has 0 radical (unpaired) electrons. The molecule has 0 saturated heterocycles. The molecule has 0 atom stereocenters. The van der Waals surface area contributed by atoms with Gasteiger partial charge in [-0.05, 0) is 52.0 Å². The minimum atomic E-state index is -0.0944. The summed E-state index contributed by atoms with van der Waals surface area (Å²) in [5, 5.41) is 2.87. The molecule has 4 heteroatoms. The maximum Gasteiger partial charge on any atom is 0.253 e. The Bertz CT molecular complexity index is 723. The number of aromatic nitrogens is 1. The van der Waals surface area contributed by atoms with Gasteiger partial charge in [0.05, 0.1) is 17.0 Å². The maximum atomic E-state index is 12.8. The summed E-state index contributed by atoms with van der Waals surface area (Å²) in [5.41, 5.74) is 6.33. The highest BCUT2D eigenvalue weighted by molar-refractivity contribution is 6.06. The van der Waals surface area contributed by atoms with Crippen LogP contribution in [0.4, 0.5) is 0 Å². The van der Waals surface area contributed by atoms with E-state index in [4.69, 9.17) is 0 Å². The molecule has 0 aliphatic heterocycles. The van der Waals surface area contributed by atoms with Crippen molar-refractivity contribution in [1.29, 1.82) is 0 Å². The Kier molecular flexibility index (Phi) is 4.09. The first-order chi connectivity index (χ1) is 10.9. The van der Waals surface area contributed by atoms with Gasteiger partial charge in [-0.15, -0.1) is 0 Å². The molecule has 0 unspecified atom stereocenters. The Morgan fingerprint density at radius 3 is 2.52 bits per heavy atom. The first-order valence-electron chi connectivity index (χ1n) is 8.44. The van der Waals surface area contributed by atoms with Crippen molar-refractivity contribution in [1.82, 2.24) is 10.3 Å². The summed E-state index contributed by atoms with van der Waals surface area (Å²) in [6.07, 6.45) is 3.32. The third kappa shape index (κ3) is 2.82. The van der Waals surface area contributed by atoms with Gasteiger partial charge in [-0.3, -0.25) is 14.6 Å². The number of fused-ring (bicyclic) bond motifs is 1. The lowest BCUT2D eigenvalue weighted by Crippen LogP contribution is -2.28.